The van der Waals surface area contributed by atoms with Crippen molar-refractivity contribution in [3.63, 3.8) is 0 Å². The van der Waals surface area contributed by atoms with Gasteiger partial charge in [-0.05, 0) is 48.9 Å². The molecule has 0 fully saturated rings. The Morgan fingerprint density at radius 1 is 1.21 bits per heavy atom. The number of nitrogens with zero attached hydrogens (tertiary/aromatic N) is 2. The van der Waals surface area contributed by atoms with Crippen LogP contribution in [-0.2, 0) is 0 Å². The Labute approximate surface area is 164 Å². The summed E-state index contributed by atoms with van der Waals surface area (Å²) in [6, 6.07) is 13.9. The molecule has 0 aliphatic heterocycles. The second-order valence-electron chi connectivity index (χ2n) is 6.30. The SMILES string of the molecule is Cc1cccc(-n2ncc3c(O)c(C(=O)Nc4ccc(Cl)cc4)c(=O)[nH]c32)c1. The van der Waals surface area contributed by atoms with Gasteiger partial charge in [0.15, 0.2) is 0 Å². The molecule has 7 nitrogen and oxygen atoms in total. The average molecular weight is 395 g/mol. The van der Waals surface area contributed by atoms with Gasteiger partial charge in [-0.3, -0.25) is 9.59 Å². The number of amides is 1. The Morgan fingerprint density at radius 2 is 1.96 bits per heavy atom. The predicted molar refractivity (Wildman–Crippen MR) is 107 cm³/mol. The quantitative estimate of drug-likeness (QED) is 0.494. The lowest BCUT2D eigenvalue weighted by Crippen LogP contribution is -2.23. The van der Waals surface area contributed by atoms with Gasteiger partial charge in [-0.1, -0.05) is 23.7 Å². The number of benzene rings is 2. The summed E-state index contributed by atoms with van der Waals surface area (Å²) in [6.45, 7) is 1.94. The van der Waals surface area contributed by atoms with E-state index in [1.54, 1.807) is 24.3 Å². The molecule has 2 aromatic heterocycles. The van der Waals surface area contributed by atoms with Crippen LogP contribution in [0.1, 0.15) is 15.9 Å². The topological polar surface area (TPSA) is 100 Å². The average Bonchev–Trinajstić information content (AvgIpc) is 3.07. The molecule has 8 heteroatoms. The number of fused-ring (bicyclic) bond motifs is 1. The van der Waals surface area contributed by atoms with Crippen molar-refractivity contribution in [3.8, 4) is 11.4 Å². The molecule has 2 aromatic carbocycles. The summed E-state index contributed by atoms with van der Waals surface area (Å²) >= 11 is 5.83. The number of aromatic amines is 1. The summed E-state index contributed by atoms with van der Waals surface area (Å²) in [6.07, 6.45) is 1.40. The van der Waals surface area contributed by atoms with Crippen LogP contribution in [0, 0.1) is 6.92 Å². The van der Waals surface area contributed by atoms with Gasteiger partial charge in [-0.15, -0.1) is 0 Å². The third-order valence-electron chi connectivity index (χ3n) is 4.30. The minimum absolute atomic E-state index is 0.266. The number of carbonyl (C=O) groups is 1. The summed E-state index contributed by atoms with van der Waals surface area (Å²) in [5.74, 6) is -1.16. The number of halogens is 1. The third-order valence-corrected chi connectivity index (χ3v) is 4.55. The van der Waals surface area contributed by atoms with Crippen molar-refractivity contribution in [3.05, 3.63) is 81.2 Å². The summed E-state index contributed by atoms with van der Waals surface area (Å²) in [5.41, 5.74) is 1.40. The molecule has 1 amide bonds. The maximum Gasteiger partial charge on any atom is 0.266 e. The van der Waals surface area contributed by atoms with Crippen molar-refractivity contribution >= 4 is 34.2 Å². The predicted octanol–water partition coefficient (Wildman–Crippen LogP) is 3.63. The lowest BCUT2D eigenvalue weighted by atomic mass is 10.2. The van der Waals surface area contributed by atoms with Gasteiger partial charge < -0.3 is 15.4 Å². The van der Waals surface area contributed by atoms with E-state index < -0.39 is 17.2 Å². The van der Waals surface area contributed by atoms with Crippen LogP contribution in [0.5, 0.6) is 5.75 Å². The third kappa shape index (κ3) is 3.12. The maximum atomic E-state index is 12.6. The van der Waals surface area contributed by atoms with Gasteiger partial charge in [0.25, 0.3) is 11.5 Å². The normalized spacial score (nSPS) is 10.9. The fraction of sp³-hybridized carbons (Fsp3) is 0.0500. The van der Waals surface area contributed by atoms with Crippen LogP contribution >= 0.6 is 11.6 Å². The number of aryl methyl sites for hydroxylation is 1. The Bertz CT molecular complexity index is 1260. The van der Waals surface area contributed by atoms with Gasteiger partial charge in [0.05, 0.1) is 17.3 Å². The molecule has 0 unspecified atom stereocenters. The maximum absolute atomic E-state index is 12.6. The first-order chi connectivity index (χ1) is 13.4. The van der Waals surface area contributed by atoms with Crippen molar-refractivity contribution < 1.29 is 9.90 Å². The van der Waals surface area contributed by atoms with E-state index in [4.69, 9.17) is 11.6 Å². The zero-order chi connectivity index (χ0) is 19.8. The van der Waals surface area contributed by atoms with Crippen molar-refractivity contribution in [1.29, 1.82) is 0 Å². The lowest BCUT2D eigenvalue weighted by Gasteiger charge is -2.08. The highest BCUT2D eigenvalue weighted by atomic mass is 35.5. The van der Waals surface area contributed by atoms with Crippen LogP contribution < -0.4 is 10.9 Å². The van der Waals surface area contributed by atoms with Crippen molar-refractivity contribution in [1.82, 2.24) is 14.8 Å². The molecule has 0 radical (unpaired) electrons. The highest BCUT2D eigenvalue weighted by Gasteiger charge is 2.22. The molecule has 2 heterocycles. The van der Waals surface area contributed by atoms with Gasteiger partial charge in [-0.2, -0.15) is 5.10 Å². The van der Waals surface area contributed by atoms with Crippen LogP contribution in [-0.4, -0.2) is 25.8 Å². The summed E-state index contributed by atoms with van der Waals surface area (Å²) in [4.78, 5) is 27.7. The number of rotatable bonds is 3. The van der Waals surface area contributed by atoms with E-state index >= 15 is 0 Å². The number of carbonyl (C=O) groups excluding carboxylic acids is 1. The molecule has 0 saturated carbocycles. The largest absolute Gasteiger partial charge is 0.506 e. The number of aromatic hydroxyl groups is 1. The van der Waals surface area contributed by atoms with Gasteiger partial charge in [0.2, 0.25) is 0 Å². The van der Waals surface area contributed by atoms with Crippen molar-refractivity contribution in [2.75, 3.05) is 5.32 Å². The fourth-order valence-electron chi connectivity index (χ4n) is 2.95. The molecule has 0 spiro atoms. The molecular formula is C20H15ClN4O3. The first-order valence-electron chi connectivity index (χ1n) is 8.41. The highest BCUT2D eigenvalue weighted by Crippen LogP contribution is 2.27. The molecular weight excluding hydrogens is 380 g/mol. The zero-order valence-electron chi connectivity index (χ0n) is 14.7. The molecule has 0 saturated heterocycles. The number of hydrogen-bond donors (Lipinski definition) is 3. The van der Waals surface area contributed by atoms with Crippen LogP contribution in [0.3, 0.4) is 0 Å². The van der Waals surface area contributed by atoms with E-state index in [-0.39, 0.29) is 10.9 Å². The van der Waals surface area contributed by atoms with Crippen molar-refractivity contribution in [2.24, 2.45) is 0 Å². The van der Waals surface area contributed by atoms with Crippen LogP contribution in [0.4, 0.5) is 5.69 Å². The Morgan fingerprint density at radius 3 is 2.68 bits per heavy atom. The molecule has 0 atom stereocenters. The van der Waals surface area contributed by atoms with E-state index in [1.165, 1.54) is 10.9 Å². The molecule has 0 aliphatic rings. The molecule has 0 bridgehead atoms. The van der Waals surface area contributed by atoms with Gasteiger partial charge in [0, 0.05) is 10.7 Å². The van der Waals surface area contributed by atoms with Crippen LogP contribution in [0.2, 0.25) is 5.02 Å². The second kappa shape index (κ2) is 6.86. The van der Waals surface area contributed by atoms with E-state index in [0.717, 1.165) is 11.3 Å². The number of aromatic nitrogens is 3. The summed E-state index contributed by atoms with van der Waals surface area (Å²) < 4.78 is 1.50. The smallest absolute Gasteiger partial charge is 0.266 e. The Kier molecular flexibility index (Phi) is 4.37. The van der Waals surface area contributed by atoms with E-state index in [2.05, 4.69) is 15.4 Å². The van der Waals surface area contributed by atoms with E-state index in [0.29, 0.717) is 16.4 Å². The lowest BCUT2D eigenvalue weighted by molar-refractivity contribution is 0.102. The number of anilines is 1. The summed E-state index contributed by atoms with van der Waals surface area (Å²) in [5, 5.41) is 18.2. The number of pyridine rings is 1. The van der Waals surface area contributed by atoms with Gasteiger partial charge in [0.1, 0.15) is 17.0 Å². The Hall–Kier alpha value is -3.58. The minimum Gasteiger partial charge on any atom is -0.506 e. The monoisotopic (exact) mass is 394 g/mol. The Balaban J connectivity index is 1.78. The van der Waals surface area contributed by atoms with Gasteiger partial charge in [-0.25, -0.2) is 4.68 Å². The molecule has 0 aliphatic carbocycles. The first kappa shape index (κ1) is 17.8. The highest BCUT2D eigenvalue weighted by molar-refractivity contribution is 6.30. The van der Waals surface area contributed by atoms with E-state index in [9.17, 15) is 14.7 Å². The first-order valence-corrected chi connectivity index (χ1v) is 8.79. The van der Waals surface area contributed by atoms with E-state index in [1.807, 2.05) is 31.2 Å². The van der Waals surface area contributed by atoms with Gasteiger partial charge >= 0.3 is 0 Å². The molecule has 140 valence electrons. The summed E-state index contributed by atoms with van der Waals surface area (Å²) in [7, 11) is 0. The second-order valence-corrected chi connectivity index (χ2v) is 6.73. The molecule has 4 aromatic rings. The molecule has 28 heavy (non-hydrogen) atoms. The number of H-pyrrole nitrogens is 1. The fourth-order valence-corrected chi connectivity index (χ4v) is 3.07. The van der Waals surface area contributed by atoms with Crippen LogP contribution in [0.15, 0.2) is 59.5 Å². The number of nitrogens with one attached hydrogen (secondary N) is 2. The number of hydrogen-bond acceptors (Lipinski definition) is 4. The van der Waals surface area contributed by atoms with Crippen LogP contribution in [0.25, 0.3) is 16.7 Å². The molecule has 4 rings (SSSR count). The minimum atomic E-state index is -0.730. The molecule has 3 N–H and O–H groups in total. The standard InChI is InChI=1S/C20H15ClN4O3/c1-11-3-2-4-14(9-11)25-18-15(10-22-25)17(26)16(20(28)24-18)19(27)23-13-7-5-12(21)6-8-13/h2-10H,1H3,(H,23,27)(H2,24,26,28). The zero-order valence-corrected chi connectivity index (χ0v) is 15.5. The van der Waals surface area contributed by atoms with Crippen molar-refractivity contribution in [2.45, 2.75) is 6.92 Å².